The highest BCUT2D eigenvalue weighted by Crippen LogP contribution is 2.39. The van der Waals surface area contributed by atoms with Crippen molar-refractivity contribution in [3.8, 4) is 11.5 Å². The van der Waals surface area contributed by atoms with Crippen LogP contribution in [0.2, 0.25) is 0 Å². The maximum atomic E-state index is 6.13. The molecule has 0 spiro atoms. The molecule has 3 aromatic carbocycles. The minimum Gasteiger partial charge on any atom is -0.454 e. The van der Waals surface area contributed by atoms with Crippen LogP contribution in [-0.4, -0.2) is 12.5 Å². The third-order valence-electron chi connectivity index (χ3n) is 4.39. The molecule has 0 saturated heterocycles. The summed E-state index contributed by atoms with van der Waals surface area (Å²) in [6.45, 7) is 2.22. The van der Waals surface area contributed by atoms with Crippen LogP contribution >= 0.6 is 6.19 Å². The van der Waals surface area contributed by atoms with E-state index in [1.165, 1.54) is 0 Å². The van der Waals surface area contributed by atoms with Gasteiger partial charge >= 0.3 is 0 Å². The number of benzene rings is 3. The number of ether oxygens (including phenoxy) is 2. The zero-order valence-electron chi connectivity index (χ0n) is 14.8. The van der Waals surface area contributed by atoms with E-state index in [1.54, 1.807) is 0 Å². The first kappa shape index (κ1) is 17.8. The quantitative estimate of drug-likeness (QED) is 0.406. The van der Waals surface area contributed by atoms with Crippen LogP contribution in [0.3, 0.4) is 0 Å². The molecule has 0 amide bonds. The van der Waals surface area contributed by atoms with Crippen LogP contribution in [0, 0.1) is 0 Å². The number of fused-ring (bicyclic) bond motifs is 1. The lowest BCUT2D eigenvalue weighted by molar-refractivity contribution is 0.174. The summed E-state index contributed by atoms with van der Waals surface area (Å²) in [5, 5.41) is 10.2. The highest BCUT2D eigenvalue weighted by molar-refractivity contribution is 8.20. The van der Waals surface area contributed by atoms with Crippen molar-refractivity contribution in [3.63, 3.8) is 0 Å². The Hall–Kier alpha value is -2.62. The van der Waals surface area contributed by atoms with Crippen molar-refractivity contribution in [2.24, 2.45) is 5.10 Å². The third-order valence-corrected chi connectivity index (χ3v) is 8.33. The Morgan fingerprint density at radius 2 is 1.48 bits per heavy atom. The van der Waals surface area contributed by atoms with Crippen LogP contribution in [0.1, 0.15) is 12.5 Å². The molecule has 1 N–H and O–H groups in total. The number of hydrogen-bond donors (Lipinski definition) is 1. The zero-order chi connectivity index (χ0) is 18.7. The molecule has 3 aromatic rings. The van der Waals surface area contributed by atoms with Crippen LogP contribution in [0.5, 0.6) is 11.5 Å². The molecule has 0 radical (unpaired) electrons. The lowest BCUT2D eigenvalue weighted by atomic mass is 10.1. The maximum absolute atomic E-state index is 6.13. The molecule has 1 heterocycles. The van der Waals surface area contributed by atoms with Crippen molar-refractivity contribution in [2.45, 2.75) is 6.92 Å². The van der Waals surface area contributed by atoms with Gasteiger partial charge in [-0.25, -0.2) is 0 Å². The highest BCUT2D eigenvalue weighted by Gasteiger charge is 2.22. The number of nitrogens with zero attached hydrogens (tertiary/aromatic N) is 1. The van der Waals surface area contributed by atoms with E-state index < -0.39 is 6.19 Å². The largest absolute Gasteiger partial charge is 0.454 e. The summed E-state index contributed by atoms with van der Waals surface area (Å²) in [6, 6.07) is 26.1. The first-order valence-corrected chi connectivity index (χ1v) is 11.4. The Bertz CT molecular complexity index is 979. The lowest BCUT2D eigenvalue weighted by Crippen LogP contribution is -2.25. The van der Waals surface area contributed by atoms with Gasteiger partial charge < -0.3 is 9.47 Å². The molecular weight excluding hydrogens is 375 g/mol. The molecule has 136 valence electrons. The standard InChI is InChI=1S/C21H19N2O2PS/c1-16(17-12-13-20-21(14-17)25-15-24-20)22-23-26(27,18-8-4-2-5-9-18)19-10-6-3-7-11-19/h2-14H,15H2,1H3,(H,23,27)/b22-16+. The Labute approximate surface area is 163 Å². The van der Waals surface area contributed by atoms with E-state index >= 15 is 0 Å². The number of rotatable bonds is 5. The molecule has 0 aliphatic carbocycles. The minimum atomic E-state index is -2.27. The molecule has 4 nitrogen and oxygen atoms in total. The predicted octanol–water partition coefficient (Wildman–Crippen LogP) is 3.77. The monoisotopic (exact) mass is 394 g/mol. The van der Waals surface area contributed by atoms with Crippen LogP contribution in [0.4, 0.5) is 0 Å². The SMILES string of the molecule is C/C(=N\NP(=S)(c1ccccc1)c1ccccc1)c1ccc2c(c1)OCO2. The van der Waals surface area contributed by atoms with E-state index in [0.717, 1.165) is 33.4 Å². The summed E-state index contributed by atoms with van der Waals surface area (Å²) in [5.41, 5.74) is 1.81. The average Bonchev–Trinajstić information content (AvgIpc) is 3.21. The second-order valence-corrected chi connectivity index (χ2v) is 10.2. The van der Waals surface area contributed by atoms with Gasteiger partial charge in [0.05, 0.1) is 5.71 Å². The summed E-state index contributed by atoms with van der Waals surface area (Å²) < 4.78 is 10.8. The summed E-state index contributed by atoms with van der Waals surface area (Å²) >= 11 is 6.13. The van der Waals surface area contributed by atoms with E-state index in [9.17, 15) is 0 Å². The summed E-state index contributed by atoms with van der Waals surface area (Å²) in [7, 11) is 0. The molecule has 0 unspecified atom stereocenters. The maximum Gasteiger partial charge on any atom is 0.231 e. The molecule has 1 aliphatic rings. The molecule has 27 heavy (non-hydrogen) atoms. The molecule has 0 atom stereocenters. The minimum absolute atomic E-state index is 0.260. The summed E-state index contributed by atoms with van der Waals surface area (Å²) in [4.78, 5) is 0. The van der Waals surface area contributed by atoms with E-state index in [1.807, 2.05) is 61.5 Å². The van der Waals surface area contributed by atoms with Crippen molar-refractivity contribution in [3.05, 3.63) is 84.4 Å². The Kier molecular flexibility index (Phi) is 4.97. The topological polar surface area (TPSA) is 42.9 Å². The lowest BCUT2D eigenvalue weighted by Gasteiger charge is -2.23. The van der Waals surface area contributed by atoms with Crippen molar-refractivity contribution in [2.75, 3.05) is 6.79 Å². The fourth-order valence-electron chi connectivity index (χ4n) is 2.87. The summed E-state index contributed by atoms with van der Waals surface area (Å²) in [5.74, 6) is 1.51. The predicted molar refractivity (Wildman–Crippen MR) is 114 cm³/mol. The van der Waals surface area contributed by atoms with Gasteiger partial charge in [-0.3, -0.25) is 5.20 Å². The van der Waals surface area contributed by atoms with Crippen LogP contribution in [0.25, 0.3) is 0 Å². The van der Waals surface area contributed by atoms with Gasteiger partial charge in [-0.05, 0) is 25.1 Å². The zero-order valence-corrected chi connectivity index (χ0v) is 16.5. The van der Waals surface area contributed by atoms with Gasteiger partial charge in [0.2, 0.25) is 6.79 Å². The molecule has 1 aliphatic heterocycles. The number of hydrazone groups is 1. The fraction of sp³-hybridized carbons (Fsp3) is 0.0952. The van der Waals surface area contributed by atoms with Gasteiger partial charge in [0, 0.05) is 16.2 Å². The van der Waals surface area contributed by atoms with Crippen LogP contribution in [-0.2, 0) is 11.8 Å². The first-order chi connectivity index (χ1) is 13.2. The smallest absolute Gasteiger partial charge is 0.231 e. The molecule has 0 fully saturated rings. The molecule has 4 rings (SSSR count). The Morgan fingerprint density at radius 1 is 0.889 bits per heavy atom. The van der Waals surface area contributed by atoms with Gasteiger partial charge in [0.25, 0.3) is 0 Å². The molecule has 0 bridgehead atoms. The number of nitrogens with one attached hydrogen (secondary N) is 1. The van der Waals surface area contributed by atoms with Crippen molar-refractivity contribution in [1.82, 2.24) is 5.20 Å². The second-order valence-electron chi connectivity index (χ2n) is 6.15. The number of hydrogen-bond acceptors (Lipinski definition) is 4. The molecule has 0 aromatic heterocycles. The van der Waals surface area contributed by atoms with E-state index in [2.05, 4.69) is 34.6 Å². The molecule has 0 saturated carbocycles. The van der Waals surface area contributed by atoms with Crippen molar-refractivity contribution >= 4 is 34.3 Å². The Balaban J connectivity index is 1.68. The van der Waals surface area contributed by atoms with Gasteiger partial charge in [-0.2, -0.15) is 5.10 Å². The van der Waals surface area contributed by atoms with E-state index in [4.69, 9.17) is 21.3 Å². The van der Waals surface area contributed by atoms with E-state index in [0.29, 0.717) is 0 Å². The van der Waals surface area contributed by atoms with Gasteiger partial charge in [0.15, 0.2) is 11.5 Å². The highest BCUT2D eigenvalue weighted by atomic mass is 32.4. The van der Waals surface area contributed by atoms with Crippen LogP contribution < -0.4 is 25.3 Å². The Morgan fingerprint density at radius 3 is 2.11 bits per heavy atom. The molecule has 6 heteroatoms. The molecular formula is C21H19N2O2PS. The van der Waals surface area contributed by atoms with Gasteiger partial charge in [-0.1, -0.05) is 72.5 Å². The van der Waals surface area contributed by atoms with Gasteiger partial charge in [-0.15, -0.1) is 0 Å². The summed E-state index contributed by atoms with van der Waals surface area (Å²) in [6.07, 6.45) is -2.27. The second kappa shape index (κ2) is 7.55. The van der Waals surface area contributed by atoms with E-state index in [-0.39, 0.29) is 6.79 Å². The van der Waals surface area contributed by atoms with Gasteiger partial charge in [0.1, 0.15) is 6.19 Å². The average molecular weight is 394 g/mol. The third kappa shape index (κ3) is 3.61. The normalized spacial score (nSPS) is 13.4. The first-order valence-electron chi connectivity index (χ1n) is 8.60. The fourth-order valence-corrected chi connectivity index (χ4v) is 5.73. The van der Waals surface area contributed by atoms with Crippen molar-refractivity contribution in [1.29, 1.82) is 0 Å². The van der Waals surface area contributed by atoms with Crippen LogP contribution in [0.15, 0.2) is 84.0 Å². The van der Waals surface area contributed by atoms with Crippen molar-refractivity contribution < 1.29 is 9.47 Å².